The summed E-state index contributed by atoms with van der Waals surface area (Å²) in [5.74, 6) is -2.19. The predicted octanol–water partition coefficient (Wildman–Crippen LogP) is 0.133. The predicted molar refractivity (Wildman–Crippen MR) is 78.7 cm³/mol. The van der Waals surface area contributed by atoms with E-state index >= 15 is 0 Å². The number of aromatic carboxylic acids is 1. The molecule has 2 aromatic carbocycles. The molecule has 7 nitrogen and oxygen atoms in total. The van der Waals surface area contributed by atoms with Crippen molar-refractivity contribution in [2.24, 2.45) is 0 Å². The summed E-state index contributed by atoms with van der Waals surface area (Å²) in [6.07, 6.45) is 0. The topological polar surface area (TPSA) is 108 Å². The van der Waals surface area contributed by atoms with Crippen LogP contribution in [0, 0.1) is 0 Å². The van der Waals surface area contributed by atoms with Gasteiger partial charge in [-0.3, -0.25) is 20.4 Å². The van der Waals surface area contributed by atoms with Crippen LogP contribution in [0.2, 0.25) is 0 Å². The number of carbonyl (C=O) groups is 3. The summed E-state index contributed by atoms with van der Waals surface area (Å²) in [6, 6.07) is 11.8. The first-order chi connectivity index (χ1) is 11.0. The Labute approximate surface area is 131 Å². The van der Waals surface area contributed by atoms with Crippen molar-refractivity contribution in [3.05, 3.63) is 65.2 Å². The van der Waals surface area contributed by atoms with Crippen LogP contribution in [-0.4, -0.2) is 24.9 Å². The minimum absolute atomic E-state index is 0.109. The quantitative estimate of drug-likeness (QED) is 0.780. The van der Waals surface area contributed by atoms with Crippen LogP contribution in [0.3, 0.4) is 0 Å². The van der Waals surface area contributed by atoms with Gasteiger partial charge in [0.05, 0.1) is 18.6 Å². The Balaban J connectivity index is 2.04. The fourth-order valence-corrected chi connectivity index (χ4v) is 1.85. The van der Waals surface area contributed by atoms with Gasteiger partial charge in [0, 0.05) is 11.1 Å². The number of benzene rings is 2. The first-order valence-electron chi connectivity index (χ1n) is 6.58. The molecule has 0 unspecified atom stereocenters. The average molecular weight is 313 g/mol. The maximum atomic E-state index is 12.0. The molecule has 0 aliphatic rings. The summed E-state index contributed by atoms with van der Waals surface area (Å²) < 4.78 is 4.98. The summed E-state index contributed by atoms with van der Waals surface area (Å²) in [5.41, 5.74) is 4.30. The molecule has 2 aromatic rings. The number of nitrogens with one attached hydrogen (secondary N) is 2. The molecular weight excluding hydrogens is 300 g/mol. The largest absolute Gasteiger partial charge is 0.545 e. The molecule has 2 amide bonds. The first-order valence-corrected chi connectivity index (χ1v) is 6.58. The third kappa shape index (κ3) is 3.85. The molecule has 0 saturated heterocycles. The minimum atomic E-state index is -1.47. The molecule has 0 atom stereocenters. The minimum Gasteiger partial charge on any atom is -0.545 e. The van der Waals surface area contributed by atoms with E-state index in [4.69, 9.17) is 4.74 Å². The molecule has 0 aliphatic carbocycles. The van der Waals surface area contributed by atoms with Gasteiger partial charge in [-0.25, -0.2) is 0 Å². The van der Waals surface area contributed by atoms with Gasteiger partial charge in [0.15, 0.2) is 0 Å². The molecule has 118 valence electrons. The van der Waals surface area contributed by atoms with Crippen molar-refractivity contribution in [3.8, 4) is 5.75 Å². The lowest BCUT2D eigenvalue weighted by molar-refractivity contribution is -0.255. The summed E-state index contributed by atoms with van der Waals surface area (Å²) in [6.45, 7) is 0. The maximum absolute atomic E-state index is 12.0. The Bertz CT molecular complexity index is 740. The molecular formula is C16H13N2O5-. The number of hydrogen-bond acceptors (Lipinski definition) is 5. The molecule has 0 heterocycles. The number of methoxy groups -OCH3 is 1. The van der Waals surface area contributed by atoms with E-state index in [-0.39, 0.29) is 11.1 Å². The van der Waals surface area contributed by atoms with Gasteiger partial charge in [-0.2, -0.15) is 0 Å². The van der Waals surface area contributed by atoms with E-state index in [1.807, 2.05) is 0 Å². The third-order valence-electron chi connectivity index (χ3n) is 3.03. The van der Waals surface area contributed by atoms with E-state index in [1.54, 1.807) is 12.1 Å². The normalized spacial score (nSPS) is 9.78. The third-order valence-corrected chi connectivity index (χ3v) is 3.03. The number of rotatable bonds is 4. The zero-order chi connectivity index (χ0) is 16.8. The molecule has 0 radical (unpaired) electrons. The molecule has 23 heavy (non-hydrogen) atoms. The standard InChI is InChI=1S/C16H14N2O5/c1-23-11-8-6-10(7-9-11)14(19)17-18-15(20)12-4-2-3-5-13(12)16(21)22/h2-9H,1H3,(H,17,19)(H,18,20)(H,21,22)/p-1. The van der Waals surface area contributed by atoms with Crippen molar-refractivity contribution in [1.82, 2.24) is 10.9 Å². The highest BCUT2D eigenvalue weighted by Crippen LogP contribution is 2.11. The van der Waals surface area contributed by atoms with Crippen LogP contribution in [0.5, 0.6) is 5.75 Å². The van der Waals surface area contributed by atoms with Crippen LogP contribution in [0.1, 0.15) is 31.1 Å². The average Bonchev–Trinajstić information content (AvgIpc) is 2.59. The second-order valence-corrected chi connectivity index (χ2v) is 4.47. The number of carboxylic acid groups (broad SMARTS) is 1. The van der Waals surface area contributed by atoms with Crippen LogP contribution >= 0.6 is 0 Å². The van der Waals surface area contributed by atoms with E-state index in [0.717, 1.165) is 0 Å². The van der Waals surface area contributed by atoms with Gasteiger partial charge in [0.1, 0.15) is 5.75 Å². The lowest BCUT2D eigenvalue weighted by Gasteiger charge is -2.11. The fraction of sp³-hybridized carbons (Fsp3) is 0.0625. The Morgan fingerprint density at radius 1 is 0.870 bits per heavy atom. The summed E-state index contributed by atoms with van der Waals surface area (Å²) in [4.78, 5) is 34.8. The van der Waals surface area contributed by atoms with Gasteiger partial charge >= 0.3 is 0 Å². The Hall–Kier alpha value is -3.35. The maximum Gasteiger partial charge on any atom is 0.270 e. The Morgan fingerprint density at radius 2 is 1.43 bits per heavy atom. The molecule has 2 rings (SSSR count). The smallest absolute Gasteiger partial charge is 0.270 e. The van der Waals surface area contributed by atoms with Gasteiger partial charge in [0.25, 0.3) is 11.8 Å². The van der Waals surface area contributed by atoms with Gasteiger partial charge in [-0.1, -0.05) is 18.2 Å². The molecule has 0 aromatic heterocycles. The highest BCUT2D eigenvalue weighted by atomic mass is 16.5. The van der Waals surface area contributed by atoms with Crippen molar-refractivity contribution < 1.29 is 24.2 Å². The van der Waals surface area contributed by atoms with Crippen LogP contribution in [0.25, 0.3) is 0 Å². The molecule has 0 fully saturated rings. The van der Waals surface area contributed by atoms with E-state index < -0.39 is 17.8 Å². The molecule has 0 bridgehead atoms. The second-order valence-electron chi connectivity index (χ2n) is 4.47. The highest BCUT2D eigenvalue weighted by molar-refractivity contribution is 6.05. The van der Waals surface area contributed by atoms with Gasteiger partial charge < -0.3 is 14.6 Å². The first kappa shape index (κ1) is 16.0. The van der Waals surface area contributed by atoms with Crippen molar-refractivity contribution in [1.29, 1.82) is 0 Å². The van der Waals surface area contributed by atoms with Crippen molar-refractivity contribution >= 4 is 17.8 Å². The summed E-state index contributed by atoms with van der Waals surface area (Å²) >= 11 is 0. The van der Waals surface area contributed by atoms with Gasteiger partial charge in [0.2, 0.25) is 0 Å². The van der Waals surface area contributed by atoms with Crippen LogP contribution in [-0.2, 0) is 0 Å². The van der Waals surface area contributed by atoms with Crippen LogP contribution in [0.4, 0.5) is 0 Å². The zero-order valence-corrected chi connectivity index (χ0v) is 12.2. The zero-order valence-electron chi connectivity index (χ0n) is 12.2. The number of carboxylic acids is 1. The highest BCUT2D eigenvalue weighted by Gasteiger charge is 2.13. The number of amides is 2. The van der Waals surface area contributed by atoms with E-state index in [1.165, 1.54) is 43.5 Å². The molecule has 0 spiro atoms. The Morgan fingerprint density at radius 3 is 2.00 bits per heavy atom. The van der Waals surface area contributed by atoms with Gasteiger partial charge in [-0.05, 0) is 30.3 Å². The lowest BCUT2D eigenvalue weighted by Crippen LogP contribution is -2.42. The van der Waals surface area contributed by atoms with Gasteiger partial charge in [-0.15, -0.1) is 0 Å². The van der Waals surface area contributed by atoms with Crippen LogP contribution in [0.15, 0.2) is 48.5 Å². The summed E-state index contributed by atoms with van der Waals surface area (Å²) in [7, 11) is 1.50. The van der Waals surface area contributed by atoms with E-state index in [9.17, 15) is 19.5 Å². The number of hydrogen-bond donors (Lipinski definition) is 2. The fourth-order valence-electron chi connectivity index (χ4n) is 1.85. The lowest BCUT2D eigenvalue weighted by atomic mass is 10.1. The molecule has 0 aliphatic heterocycles. The van der Waals surface area contributed by atoms with Crippen LogP contribution < -0.4 is 20.7 Å². The SMILES string of the molecule is COc1ccc(C(=O)NNC(=O)c2ccccc2C(=O)[O-])cc1. The molecule has 7 heteroatoms. The van der Waals surface area contributed by atoms with Crippen molar-refractivity contribution in [2.45, 2.75) is 0 Å². The van der Waals surface area contributed by atoms with E-state index in [2.05, 4.69) is 10.9 Å². The van der Waals surface area contributed by atoms with Crippen molar-refractivity contribution in [2.75, 3.05) is 7.11 Å². The number of carbonyl (C=O) groups excluding carboxylic acids is 3. The number of hydrazine groups is 1. The van der Waals surface area contributed by atoms with E-state index in [0.29, 0.717) is 11.3 Å². The second kappa shape index (κ2) is 7.08. The monoisotopic (exact) mass is 313 g/mol. The Kier molecular flexibility index (Phi) is 4.93. The summed E-state index contributed by atoms with van der Waals surface area (Å²) in [5, 5.41) is 11.0. The van der Waals surface area contributed by atoms with Crippen molar-refractivity contribution in [3.63, 3.8) is 0 Å². The molecule has 2 N–H and O–H groups in total. The molecule has 0 saturated carbocycles. The number of ether oxygens (including phenoxy) is 1.